The number of likely N-dealkylation sites (tertiary alicyclic amines) is 1. The van der Waals surface area contributed by atoms with E-state index in [1.54, 1.807) is 41.3 Å². The lowest BCUT2D eigenvalue weighted by atomic mass is 10.3. The Labute approximate surface area is 133 Å². The van der Waals surface area contributed by atoms with Crippen LogP contribution in [0.2, 0.25) is 0 Å². The summed E-state index contributed by atoms with van der Waals surface area (Å²) in [5.41, 5.74) is 0.489. The molecule has 2 amide bonds. The Morgan fingerprint density at radius 1 is 1.26 bits per heavy atom. The summed E-state index contributed by atoms with van der Waals surface area (Å²) >= 11 is 0. The van der Waals surface area contributed by atoms with E-state index in [2.05, 4.69) is 5.32 Å². The van der Waals surface area contributed by atoms with E-state index in [1.807, 2.05) is 0 Å². The number of hydrogen-bond donors (Lipinski definition) is 2. The van der Waals surface area contributed by atoms with Crippen LogP contribution in [0.15, 0.2) is 48.5 Å². The van der Waals surface area contributed by atoms with Crippen LogP contribution in [0, 0.1) is 5.82 Å². The number of para-hydroxylation sites is 2. The highest BCUT2D eigenvalue weighted by molar-refractivity contribution is 5.91. The normalized spacial score (nSPS) is 17.1. The molecule has 0 aromatic heterocycles. The third-order valence-electron chi connectivity index (χ3n) is 3.60. The first kappa shape index (κ1) is 15.3. The molecule has 5 nitrogen and oxygen atoms in total. The largest absolute Gasteiger partial charge is 0.455 e. The maximum atomic E-state index is 13.2. The lowest BCUT2D eigenvalue weighted by Crippen LogP contribution is -2.33. The topological polar surface area (TPSA) is 61.8 Å². The summed E-state index contributed by atoms with van der Waals surface area (Å²) in [5.74, 6) is 0.379. The van der Waals surface area contributed by atoms with Gasteiger partial charge in [0.05, 0.1) is 11.8 Å². The summed E-state index contributed by atoms with van der Waals surface area (Å²) in [7, 11) is 0. The van der Waals surface area contributed by atoms with Gasteiger partial charge in [-0.3, -0.25) is 0 Å². The van der Waals surface area contributed by atoms with Crippen molar-refractivity contribution in [2.45, 2.75) is 12.5 Å². The van der Waals surface area contributed by atoms with Crippen LogP contribution >= 0.6 is 0 Å². The van der Waals surface area contributed by atoms with Gasteiger partial charge in [-0.15, -0.1) is 0 Å². The van der Waals surface area contributed by atoms with Crippen LogP contribution in [0.3, 0.4) is 0 Å². The fourth-order valence-corrected chi connectivity index (χ4v) is 2.44. The maximum Gasteiger partial charge on any atom is 0.322 e. The van der Waals surface area contributed by atoms with Crippen molar-refractivity contribution in [2.24, 2.45) is 0 Å². The molecule has 0 spiro atoms. The van der Waals surface area contributed by atoms with E-state index in [0.29, 0.717) is 36.7 Å². The molecule has 0 unspecified atom stereocenters. The van der Waals surface area contributed by atoms with Gasteiger partial charge in [0.1, 0.15) is 11.6 Å². The Morgan fingerprint density at radius 3 is 2.83 bits per heavy atom. The highest BCUT2D eigenvalue weighted by atomic mass is 19.1. The van der Waals surface area contributed by atoms with Crippen molar-refractivity contribution in [2.75, 3.05) is 18.4 Å². The molecule has 120 valence electrons. The predicted molar refractivity (Wildman–Crippen MR) is 84.1 cm³/mol. The predicted octanol–water partition coefficient (Wildman–Crippen LogP) is 3.22. The second-order valence-corrected chi connectivity index (χ2v) is 5.37. The van der Waals surface area contributed by atoms with E-state index in [1.165, 1.54) is 12.1 Å². The molecule has 1 atom stereocenters. The summed E-state index contributed by atoms with van der Waals surface area (Å²) in [5, 5.41) is 12.3. The number of β-amino-alcohol motifs (C(OH)–C–C–N with tert-alkyl or cyclic N) is 1. The number of rotatable bonds is 3. The molecule has 1 heterocycles. The summed E-state index contributed by atoms with van der Waals surface area (Å²) < 4.78 is 18.9. The summed E-state index contributed by atoms with van der Waals surface area (Å²) in [4.78, 5) is 13.8. The van der Waals surface area contributed by atoms with Crippen molar-refractivity contribution in [1.82, 2.24) is 4.90 Å². The number of anilines is 1. The Morgan fingerprint density at radius 2 is 2.09 bits per heavy atom. The monoisotopic (exact) mass is 316 g/mol. The van der Waals surface area contributed by atoms with E-state index >= 15 is 0 Å². The molecular weight excluding hydrogens is 299 g/mol. The van der Waals surface area contributed by atoms with Crippen LogP contribution in [0.4, 0.5) is 14.9 Å². The summed E-state index contributed by atoms with van der Waals surface area (Å²) in [6.45, 7) is 0.832. The third kappa shape index (κ3) is 3.78. The molecular formula is C17H17FN2O3. The molecule has 0 bridgehead atoms. The highest BCUT2D eigenvalue weighted by Gasteiger charge is 2.25. The number of carbonyl (C=O) groups excluding carboxylic acids is 1. The van der Waals surface area contributed by atoms with Gasteiger partial charge in [-0.25, -0.2) is 9.18 Å². The molecule has 0 radical (unpaired) electrons. The van der Waals surface area contributed by atoms with Crippen LogP contribution in [0.25, 0.3) is 0 Å². The second kappa shape index (κ2) is 6.66. The van der Waals surface area contributed by atoms with E-state index in [9.17, 15) is 14.3 Å². The molecule has 2 aromatic rings. The standard InChI is InChI=1S/C17H17FN2O3/c18-12-4-3-5-14(10-12)23-16-7-2-1-6-15(16)19-17(22)20-9-8-13(21)11-20/h1-7,10,13,21H,8-9,11H2,(H,19,22)/t13-/m0/s1. The van der Waals surface area contributed by atoms with Crippen LogP contribution in [0.1, 0.15) is 6.42 Å². The molecule has 23 heavy (non-hydrogen) atoms. The van der Waals surface area contributed by atoms with Gasteiger partial charge in [-0.2, -0.15) is 0 Å². The molecule has 2 N–H and O–H groups in total. The zero-order valence-corrected chi connectivity index (χ0v) is 12.4. The lowest BCUT2D eigenvalue weighted by molar-refractivity contribution is 0.176. The second-order valence-electron chi connectivity index (χ2n) is 5.37. The number of ether oxygens (including phenoxy) is 1. The number of halogens is 1. The zero-order valence-electron chi connectivity index (χ0n) is 12.4. The number of hydrogen-bond acceptors (Lipinski definition) is 3. The van der Waals surface area contributed by atoms with E-state index in [0.717, 1.165) is 0 Å². The zero-order chi connectivity index (χ0) is 16.2. The van der Waals surface area contributed by atoms with Crippen LogP contribution in [0.5, 0.6) is 11.5 Å². The smallest absolute Gasteiger partial charge is 0.322 e. The molecule has 6 heteroatoms. The quantitative estimate of drug-likeness (QED) is 0.914. The third-order valence-corrected chi connectivity index (χ3v) is 3.60. The Hall–Kier alpha value is -2.60. The Bertz CT molecular complexity index is 708. The number of aliphatic hydroxyl groups excluding tert-OH is 1. The SMILES string of the molecule is O=C(Nc1ccccc1Oc1cccc(F)c1)N1CC[C@H](O)C1. The van der Waals surface area contributed by atoms with Gasteiger partial charge in [0.15, 0.2) is 5.75 Å². The molecule has 1 saturated heterocycles. The van der Waals surface area contributed by atoms with Gasteiger partial charge in [-0.1, -0.05) is 18.2 Å². The molecule has 1 aliphatic rings. The Kier molecular flexibility index (Phi) is 4.43. The highest BCUT2D eigenvalue weighted by Crippen LogP contribution is 2.30. The first-order valence-corrected chi connectivity index (χ1v) is 7.38. The van der Waals surface area contributed by atoms with Crippen molar-refractivity contribution in [3.63, 3.8) is 0 Å². The number of benzene rings is 2. The van der Waals surface area contributed by atoms with Crippen LogP contribution < -0.4 is 10.1 Å². The van der Waals surface area contributed by atoms with Gasteiger partial charge in [-0.05, 0) is 30.7 Å². The first-order chi connectivity index (χ1) is 11.1. The minimum atomic E-state index is -0.473. The van der Waals surface area contributed by atoms with E-state index in [-0.39, 0.29) is 6.03 Å². The minimum absolute atomic E-state index is 0.295. The lowest BCUT2D eigenvalue weighted by Gasteiger charge is -2.18. The number of nitrogens with one attached hydrogen (secondary N) is 1. The van der Waals surface area contributed by atoms with Gasteiger partial charge in [0.2, 0.25) is 0 Å². The van der Waals surface area contributed by atoms with Gasteiger partial charge in [0, 0.05) is 19.2 Å². The van der Waals surface area contributed by atoms with E-state index < -0.39 is 11.9 Å². The number of amides is 2. The number of aliphatic hydroxyl groups is 1. The number of urea groups is 1. The minimum Gasteiger partial charge on any atom is -0.455 e. The molecule has 0 aliphatic carbocycles. The molecule has 0 saturated carbocycles. The average Bonchev–Trinajstić information content (AvgIpc) is 2.96. The molecule has 1 fully saturated rings. The Balaban J connectivity index is 1.74. The fourth-order valence-electron chi connectivity index (χ4n) is 2.44. The van der Waals surface area contributed by atoms with Gasteiger partial charge >= 0.3 is 6.03 Å². The van der Waals surface area contributed by atoms with E-state index in [4.69, 9.17) is 4.74 Å². The summed E-state index contributed by atoms with van der Waals surface area (Å²) in [6.07, 6.45) is 0.106. The molecule has 2 aromatic carbocycles. The van der Waals surface area contributed by atoms with Crippen LogP contribution in [-0.2, 0) is 0 Å². The summed E-state index contributed by atoms with van der Waals surface area (Å²) in [6, 6.07) is 12.4. The molecule has 1 aliphatic heterocycles. The van der Waals surface area contributed by atoms with Gasteiger partial charge in [0.25, 0.3) is 0 Å². The number of carbonyl (C=O) groups is 1. The molecule has 3 rings (SSSR count). The van der Waals surface area contributed by atoms with Crippen LogP contribution in [-0.4, -0.2) is 35.2 Å². The number of nitrogens with zero attached hydrogens (tertiary/aromatic N) is 1. The fraction of sp³-hybridized carbons (Fsp3) is 0.235. The van der Waals surface area contributed by atoms with Crippen molar-refractivity contribution >= 4 is 11.7 Å². The van der Waals surface area contributed by atoms with Gasteiger partial charge < -0.3 is 20.1 Å². The van der Waals surface area contributed by atoms with Crippen molar-refractivity contribution < 1.29 is 19.0 Å². The first-order valence-electron chi connectivity index (χ1n) is 7.38. The van der Waals surface area contributed by atoms with Crippen molar-refractivity contribution in [3.8, 4) is 11.5 Å². The van der Waals surface area contributed by atoms with Crippen molar-refractivity contribution in [3.05, 3.63) is 54.3 Å². The maximum absolute atomic E-state index is 13.2. The van der Waals surface area contributed by atoms with Crippen molar-refractivity contribution in [1.29, 1.82) is 0 Å². The average molecular weight is 316 g/mol.